The standard InChI is InChI=1S/C13H21BrN2S/c1-10(15)13(17-8-7-16(2)3)11-5-4-6-12(14)9-11/h4-6,9-10,13H,7-8,15H2,1-3H3. The Labute approximate surface area is 117 Å². The molecule has 1 aromatic carbocycles. The summed E-state index contributed by atoms with van der Waals surface area (Å²) >= 11 is 5.44. The number of hydrogen-bond acceptors (Lipinski definition) is 3. The second-order valence-electron chi connectivity index (χ2n) is 4.51. The fourth-order valence-corrected chi connectivity index (χ4v) is 3.38. The highest BCUT2D eigenvalue weighted by Crippen LogP contribution is 2.32. The molecule has 0 bridgehead atoms. The summed E-state index contributed by atoms with van der Waals surface area (Å²) in [6, 6.07) is 8.60. The number of hydrogen-bond donors (Lipinski definition) is 1. The van der Waals surface area contributed by atoms with Gasteiger partial charge in [0.1, 0.15) is 0 Å². The third-order valence-corrected chi connectivity index (χ3v) is 4.46. The molecule has 0 aliphatic carbocycles. The van der Waals surface area contributed by atoms with Gasteiger partial charge in [-0.3, -0.25) is 0 Å². The van der Waals surface area contributed by atoms with Crippen LogP contribution in [-0.2, 0) is 0 Å². The quantitative estimate of drug-likeness (QED) is 0.874. The number of halogens is 1. The number of thioether (sulfide) groups is 1. The predicted molar refractivity (Wildman–Crippen MR) is 81.5 cm³/mol. The van der Waals surface area contributed by atoms with E-state index < -0.39 is 0 Å². The van der Waals surface area contributed by atoms with Crippen molar-refractivity contribution in [2.75, 3.05) is 26.4 Å². The summed E-state index contributed by atoms with van der Waals surface area (Å²) in [5, 5.41) is 0.368. The minimum Gasteiger partial charge on any atom is -0.327 e. The molecule has 1 rings (SSSR count). The average Bonchev–Trinajstić information content (AvgIpc) is 2.23. The molecule has 1 aromatic rings. The Balaban J connectivity index is 2.66. The van der Waals surface area contributed by atoms with Crippen LogP contribution in [0.5, 0.6) is 0 Å². The summed E-state index contributed by atoms with van der Waals surface area (Å²) in [7, 11) is 4.20. The first-order valence-electron chi connectivity index (χ1n) is 5.78. The molecule has 17 heavy (non-hydrogen) atoms. The molecule has 0 radical (unpaired) electrons. The second-order valence-corrected chi connectivity index (χ2v) is 6.67. The molecule has 0 heterocycles. The largest absolute Gasteiger partial charge is 0.327 e. The maximum Gasteiger partial charge on any atom is 0.0446 e. The zero-order chi connectivity index (χ0) is 12.8. The minimum absolute atomic E-state index is 0.163. The van der Waals surface area contributed by atoms with Crippen molar-refractivity contribution < 1.29 is 0 Å². The minimum atomic E-state index is 0.163. The summed E-state index contributed by atoms with van der Waals surface area (Å²) in [6.45, 7) is 3.16. The lowest BCUT2D eigenvalue weighted by atomic mass is 10.1. The zero-order valence-corrected chi connectivity index (χ0v) is 13.1. The SMILES string of the molecule is CC(N)C(SCCN(C)C)c1cccc(Br)c1. The van der Waals surface area contributed by atoms with Crippen molar-refractivity contribution in [1.82, 2.24) is 4.90 Å². The van der Waals surface area contributed by atoms with Crippen molar-refractivity contribution in [3.63, 3.8) is 0 Å². The van der Waals surface area contributed by atoms with Gasteiger partial charge in [-0.05, 0) is 38.7 Å². The first-order valence-corrected chi connectivity index (χ1v) is 7.62. The average molecular weight is 317 g/mol. The highest BCUT2D eigenvalue weighted by atomic mass is 79.9. The van der Waals surface area contributed by atoms with Gasteiger partial charge in [0.2, 0.25) is 0 Å². The van der Waals surface area contributed by atoms with Crippen molar-refractivity contribution in [3.8, 4) is 0 Å². The van der Waals surface area contributed by atoms with E-state index >= 15 is 0 Å². The van der Waals surface area contributed by atoms with Gasteiger partial charge in [-0.2, -0.15) is 11.8 Å². The van der Waals surface area contributed by atoms with E-state index in [4.69, 9.17) is 5.73 Å². The van der Waals surface area contributed by atoms with Gasteiger partial charge in [0.25, 0.3) is 0 Å². The molecule has 96 valence electrons. The maximum atomic E-state index is 6.09. The Bertz CT molecular complexity index is 342. The molecule has 0 aromatic heterocycles. The molecular formula is C13H21BrN2S. The van der Waals surface area contributed by atoms with Crippen molar-refractivity contribution in [3.05, 3.63) is 34.3 Å². The summed E-state index contributed by atoms with van der Waals surface area (Å²) in [5.74, 6) is 1.10. The van der Waals surface area contributed by atoms with E-state index in [1.165, 1.54) is 5.56 Å². The van der Waals surface area contributed by atoms with Gasteiger partial charge in [-0.25, -0.2) is 0 Å². The fraction of sp³-hybridized carbons (Fsp3) is 0.538. The van der Waals surface area contributed by atoms with Gasteiger partial charge in [-0.1, -0.05) is 28.1 Å². The van der Waals surface area contributed by atoms with Crippen LogP contribution in [0.1, 0.15) is 17.7 Å². The van der Waals surface area contributed by atoms with Crippen LogP contribution in [-0.4, -0.2) is 37.3 Å². The number of rotatable bonds is 6. The van der Waals surface area contributed by atoms with E-state index in [0.717, 1.165) is 16.8 Å². The second kappa shape index (κ2) is 7.41. The van der Waals surface area contributed by atoms with E-state index in [-0.39, 0.29) is 6.04 Å². The highest BCUT2D eigenvalue weighted by molar-refractivity contribution is 9.10. The normalized spacial score (nSPS) is 14.9. The molecule has 0 aliphatic rings. The molecule has 2 N–H and O–H groups in total. The van der Waals surface area contributed by atoms with E-state index in [0.29, 0.717) is 5.25 Å². The summed E-state index contributed by atoms with van der Waals surface area (Å²) in [5.41, 5.74) is 7.39. The summed E-state index contributed by atoms with van der Waals surface area (Å²) < 4.78 is 1.12. The van der Waals surface area contributed by atoms with Crippen LogP contribution in [0.15, 0.2) is 28.7 Å². The third kappa shape index (κ3) is 5.42. The number of benzene rings is 1. The molecule has 0 aliphatic heterocycles. The molecule has 0 saturated heterocycles. The van der Waals surface area contributed by atoms with E-state index in [9.17, 15) is 0 Å². The Hall–Kier alpha value is -0.0300. The van der Waals surface area contributed by atoms with Crippen LogP contribution >= 0.6 is 27.7 Å². The van der Waals surface area contributed by atoms with Crippen LogP contribution in [0.25, 0.3) is 0 Å². The molecule has 2 unspecified atom stereocenters. The lowest BCUT2D eigenvalue weighted by molar-refractivity contribution is 0.437. The van der Waals surface area contributed by atoms with Crippen molar-refractivity contribution in [2.24, 2.45) is 5.73 Å². The van der Waals surface area contributed by atoms with Gasteiger partial charge in [0.05, 0.1) is 0 Å². The van der Waals surface area contributed by atoms with E-state index in [2.05, 4.69) is 60.0 Å². The predicted octanol–water partition coefficient (Wildman–Crippen LogP) is 3.13. The van der Waals surface area contributed by atoms with Crippen LogP contribution in [0.2, 0.25) is 0 Å². The van der Waals surface area contributed by atoms with Crippen LogP contribution in [0.4, 0.5) is 0 Å². The smallest absolute Gasteiger partial charge is 0.0446 e. The van der Waals surface area contributed by atoms with Gasteiger partial charge < -0.3 is 10.6 Å². The fourth-order valence-electron chi connectivity index (χ4n) is 1.60. The Morgan fingerprint density at radius 1 is 1.41 bits per heavy atom. The van der Waals surface area contributed by atoms with Crippen molar-refractivity contribution in [2.45, 2.75) is 18.2 Å². The topological polar surface area (TPSA) is 29.3 Å². The maximum absolute atomic E-state index is 6.09. The molecule has 0 amide bonds. The molecule has 0 spiro atoms. The Morgan fingerprint density at radius 3 is 2.65 bits per heavy atom. The zero-order valence-electron chi connectivity index (χ0n) is 10.7. The monoisotopic (exact) mass is 316 g/mol. The van der Waals surface area contributed by atoms with Crippen LogP contribution in [0, 0.1) is 0 Å². The Morgan fingerprint density at radius 2 is 2.12 bits per heavy atom. The molecule has 0 fully saturated rings. The third-order valence-electron chi connectivity index (χ3n) is 2.49. The molecule has 0 saturated carbocycles. The van der Waals surface area contributed by atoms with Crippen molar-refractivity contribution in [1.29, 1.82) is 0 Å². The molecule has 4 heteroatoms. The van der Waals surface area contributed by atoms with Gasteiger partial charge in [0, 0.05) is 28.1 Å². The number of nitrogens with zero attached hydrogens (tertiary/aromatic N) is 1. The molecular weight excluding hydrogens is 296 g/mol. The Kier molecular flexibility index (Phi) is 6.55. The first-order chi connectivity index (χ1) is 8.00. The first kappa shape index (κ1) is 15.0. The summed E-state index contributed by atoms with van der Waals surface area (Å²) in [4.78, 5) is 2.20. The van der Waals surface area contributed by atoms with Crippen LogP contribution < -0.4 is 5.73 Å². The van der Waals surface area contributed by atoms with E-state index in [1.807, 2.05) is 17.8 Å². The highest BCUT2D eigenvalue weighted by Gasteiger charge is 2.16. The lowest BCUT2D eigenvalue weighted by Crippen LogP contribution is -2.24. The van der Waals surface area contributed by atoms with Gasteiger partial charge in [-0.15, -0.1) is 0 Å². The lowest BCUT2D eigenvalue weighted by Gasteiger charge is -2.22. The van der Waals surface area contributed by atoms with Crippen molar-refractivity contribution >= 4 is 27.7 Å². The molecule has 2 nitrogen and oxygen atoms in total. The summed E-state index contributed by atoms with van der Waals surface area (Å²) in [6.07, 6.45) is 0. The van der Waals surface area contributed by atoms with Crippen LogP contribution in [0.3, 0.4) is 0 Å². The van der Waals surface area contributed by atoms with Gasteiger partial charge >= 0.3 is 0 Å². The van der Waals surface area contributed by atoms with E-state index in [1.54, 1.807) is 0 Å². The number of nitrogens with two attached hydrogens (primary N) is 1. The van der Waals surface area contributed by atoms with Gasteiger partial charge in [0.15, 0.2) is 0 Å². The molecule has 2 atom stereocenters.